The van der Waals surface area contributed by atoms with Gasteiger partial charge in [0.05, 0.1) is 5.69 Å². The summed E-state index contributed by atoms with van der Waals surface area (Å²) < 4.78 is 6.61. The molecule has 2 nitrogen and oxygen atoms in total. The predicted octanol–water partition coefficient (Wildman–Crippen LogP) is 10.4. The van der Waals surface area contributed by atoms with Gasteiger partial charge in [-0.15, -0.1) is 0 Å². The highest BCUT2D eigenvalue weighted by Crippen LogP contribution is 2.46. The lowest BCUT2D eigenvalue weighted by molar-refractivity contribution is 0.598. The normalized spacial score (nSPS) is 11.3. The lowest BCUT2D eigenvalue weighted by atomic mass is 9.95. The van der Waals surface area contributed by atoms with Crippen molar-refractivity contribution in [2.24, 2.45) is 0 Å². The van der Waals surface area contributed by atoms with E-state index < -0.39 is 0 Å². The zero-order chi connectivity index (χ0) is 24.8. The topological polar surface area (TPSA) is 28.9 Å². The van der Waals surface area contributed by atoms with Crippen LogP contribution >= 0.6 is 23.2 Å². The van der Waals surface area contributed by atoms with E-state index in [2.05, 4.69) is 59.6 Å². The van der Waals surface area contributed by atoms with Gasteiger partial charge in [-0.3, -0.25) is 0 Å². The van der Waals surface area contributed by atoms with Crippen LogP contribution in [0.3, 0.4) is 0 Å². The zero-order valence-electron chi connectivity index (χ0n) is 19.9. The number of hydrogen-bond donors (Lipinski definition) is 1. The first-order valence-corrected chi connectivity index (χ1v) is 12.6. The monoisotopic (exact) mass is 507 g/mol. The number of H-pyrrole nitrogens is 1. The lowest BCUT2D eigenvalue weighted by Gasteiger charge is -2.08. The number of para-hydroxylation sites is 1. The van der Waals surface area contributed by atoms with Crippen LogP contribution in [0.1, 0.15) is 11.1 Å². The molecule has 36 heavy (non-hydrogen) atoms. The molecule has 4 heteroatoms. The average Bonchev–Trinajstić information content (AvgIpc) is 3.50. The molecule has 0 radical (unpaired) electrons. The molecule has 0 aliphatic heterocycles. The van der Waals surface area contributed by atoms with Crippen molar-refractivity contribution in [3.05, 3.63) is 118 Å². The summed E-state index contributed by atoms with van der Waals surface area (Å²) in [6.45, 7) is 4.00. The third-order valence-electron chi connectivity index (χ3n) is 6.66. The summed E-state index contributed by atoms with van der Waals surface area (Å²) in [5, 5.41) is 2.55. The number of hydrogen-bond acceptors (Lipinski definition) is 1. The molecule has 0 aliphatic carbocycles. The number of halogens is 2. The minimum atomic E-state index is 0.706. The average molecular weight is 508 g/mol. The Morgan fingerprint density at radius 2 is 1.28 bits per heavy atom. The Morgan fingerprint density at radius 1 is 0.639 bits per heavy atom. The SMILES string of the molecule is Cc1ccc(-c2cc(-c3c(-c4ccccc4)[nH]c4ccccc34)c(-c3ccc(C)c(Cl)c3)o2)cc1Cl. The van der Waals surface area contributed by atoms with Crippen molar-refractivity contribution in [3.8, 4) is 45.0 Å². The summed E-state index contributed by atoms with van der Waals surface area (Å²) in [7, 11) is 0. The molecule has 0 bridgehead atoms. The van der Waals surface area contributed by atoms with E-state index in [4.69, 9.17) is 27.6 Å². The molecule has 0 amide bonds. The van der Waals surface area contributed by atoms with Gasteiger partial charge >= 0.3 is 0 Å². The van der Waals surface area contributed by atoms with Crippen molar-refractivity contribution in [3.63, 3.8) is 0 Å². The Morgan fingerprint density at radius 3 is 2.00 bits per heavy atom. The molecule has 0 unspecified atom stereocenters. The Hall–Kier alpha value is -3.72. The minimum absolute atomic E-state index is 0.706. The van der Waals surface area contributed by atoms with Crippen LogP contribution in [0.5, 0.6) is 0 Å². The number of furan rings is 1. The van der Waals surface area contributed by atoms with Crippen molar-refractivity contribution >= 4 is 34.1 Å². The maximum Gasteiger partial charge on any atom is 0.142 e. The zero-order valence-corrected chi connectivity index (χ0v) is 21.4. The maximum absolute atomic E-state index is 6.61. The molecule has 0 spiro atoms. The molecule has 4 aromatic carbocycles. The highest BCUT2D eigenvalue weighted by atomic mass is 35.5. The summed E-state index contributed by atoms with van der Waals surface area (Å²) in [4.78, 5) is 3.65. The van der Waals surface area contributed by atoms with Crippen LogP contribution in [0.25, 0.3) is 55.9 Å². The first-order valence-electron chi connectivity index (χ1n) is 11.8. The Balaban J connectivity index is 1.67. The number of benzene rings is 4. The third kappa shape index (κ3) is 3.93. The van der Waals surface area contributed by atoms with Gasteiger partial charge in [-0.05, 0) is 54.8 Å². The van der Waals surface area contributed by atoms with E-state index in [1.54, 1.807) is 0 Å². The number of rotatable bonds is 4. The van der Waals surface area contributed by atoms with Gasteiger partial charge in [0.15, 0.2) is 0 Å². The molecular formula is C32H23Cl2NO. The summed E-state index contributed by atoms with van der Waals surface area (Å²) in [6.07, 6.45) is 0. The number of fused-ring (bicyclic) bond motifs is 1. The Bertz CT molecular complexity index is 1730. The van der Waals surface area contributed by atoms with Crippen LogP contribution in [0, 0.1) is 13.8 Å². The molecule has 0 atom stereocenters. The highest BCUT2D eigenvalue weighted by molar-refractivity contribution is 6.32. The van der Waals surface area contributed by atoms with E-state index in [0.29, 0.717) is 10.0 Å². The van der Waals surface area contributed by atoms with Gasteiger partial charge in [-0.2, -0.15) is 0 Å². The largest absolute Gasteiger partial charge is 0.455 e. The maximum atomic E-state index is 6.61. The van der Waals surface area contributed by atoms with Crippen LogP contribution in [-0.4, -0.2) is 4.98 Å². The van der Waals surface area contributed by atoms with Gasteiger partial charge in [0.25, 0.3) is 0 Å². The predicted molar refractivity (Wildman–Crippen MR) is 152 cm³/mol. The fourth-order valence-electron chi connectivity index (χ4n) is 4.66. The first kappa shape index (κ1) is 22.7. The van der Waals surface area contributed by atoms with Crippen molar-refractivity contribution in [1.82, 2.24) is 4.98 Å². The van der Waals surface area contributed by atoms with E-state index in [0.717, 1.165) is 67.1 Å². The van der Waals surface area contributed by atoms with Crippen molar-refractivity contribution in [2.45, 2.75) is 13.8 Å². The Kier molecular flexibility index (Phi) is 5.72. The van der Waals surface area contributed by atoms with Crippen molar-refractivity contribution in [1.29, 1.82) is 0 Å². The molecule has 0 aliphatic rings. The van der Waals surface area contributed by atoms with Gasteiger partial charge in [0.1, 0.15) is 11.5 Å². The molecule has 1 N–H and O–H groups in total. The minimum Gasteiger partial charge on any atom is -0.455 e. The summed E-state index contributed by atoms with van der Waals surface area (Å²) in [5.41, 5.74) is 9.22. The van der Waals surface area contributed by atoms with Crippen LogP contribution in [0.4, 0.5) is 0 Å². The van der Waals surface area contributed by atoms with Crippen LogP contribution in [0.2, 0.25) is 10.0 Å². The fourth-order valence-corrected chi connectivity index (χ4v) is 5.02. The second kappa shape index (κ2) is 9.05. The molecular weight excluding hydrogens is 485 g/mol. The Labute approximate surface area is 220 Å². The number of nitrogens with one attached hydrogen (secondary N) is 1. The highest BCUT2D eigenvalue weighted by Gasteiger charge is 2.23. The van der Waals surface area contributed by atoms with E-state index in [-0.39, 0.29) is 0 Å². The molecule has 6 aromatic rings. The number of aryl methyl sites for hydroxylation is 2. The number of aromatic nitrogens is 1. The van der Waals surface area contributed by atoms with Gasteiger partial charge in [0.2, 0.25) is 0 Å². The van der Waals surface area contributed by atoms with Crippen molar-refractivity contribution < 1.29 is 4.42 Å². The quantitative estimate of drug-likeness (QED) is 0.252. The first-order chi connectivity index (χ1) is 17.5. The van der Waals surface area contributed by atoms with Gasteiger partial charge < -0.3 is 9.40 Å². The van der Waals surface area contributed by atoms with Crippen LogP contribution in [-0.2, 0) is 0 Å². The molecule has 0 saturated carbocycles. The summed E-state index contributed by atoms with van der Waals surface area (Å²) >= 11 is 13.0. The van der Waals surface area contributed by atoms with E-state index in [1.165, 1.54) is 0 Å². The van der Waals surface area contributed by atoms with Gasteiger partial charge in [0, 0.05) is 43.2 Å². The summed E-state index contributed by atoms with van der Waals surface area (Å²) in [5.74, 6) is 1.52. The standard InChI is InChI=1S/C32H23Cl2NO/c1-19-12-14-22(16-26(19)33)29-18-25(32(36-29)23-15-13-20(2)27(34)17-23)30-24-10-6-7-11-28(24)35-31(30)21-8-4-3-5-9-21/h3-18,35H,1-2H3. The molecule has 2 aromatic heterocycles. The van der Waals surface area contributed by atoms with E-state index in [9.17, 15) is 0 Å². The number of aromatic amines is 1. The third-order valence-corrected chi connectivity index (χ3v) is 7.47. The van der Waals surface area contributed by atoms with Crippen molar-refractivity contribution in [2.75, 3.05) is 0 Å². The molecule has 0 fully saturated rings. The van der Waals surface area contributed by atoms with Crippen LogP contribution < -0.4 is 0 Å². The van der Waals surface area contributed by atoms with E-state index in [1.807, 2.05) is 56.3 Å². The lowest BCUT2D eigenvalue weighted by Crippen LogP contribution is -1.85. The summed E-state index contributed by atoms with van der Waals surface area (Å²) in [6, 6.07) is 33.0. The molecule has 2 heterocycles. The molecule has 176 valence electrons. The fraction of sp³-hybridized carbons (Fsp3) is 0.0625. The van der Waals surface area contributed by atoms with Gasteiger partial charge in [-0.1, -0.05) is 96.0 Å². The second-order valence-electron chi connectivity index (χ2n) is 9.07. The molecule has 6 rings (SSSR count). The van der Waals surface area contributed by atoms with E-state index >= 15 is 0 Å². The van der Waals surface area contributed by atoms with Crippen LogP contribution in [0.15, 0.2) is 101 Å². The smallest absolute Gasteiger partial charge is 0.142 e. The van der Waals surface area contributed by atoms with Gasteiger partial charge in [-0.25, -0.2) is 0 Å². The molecule has 0 saturated heterocycles. The second-order valence-corrected chi connectivity index (χ2v) is 9.88.